The Morgan fingerprint density at radius 3 is 2.52 bits per heavy atom. The van der Waals surface area contributed by atoms with E-state index in [1.807, 2.05) is 25.1 Å². The van der Waals surface area contributed by atoms with Gasteiger partial charge in [0.2, 0.25) is 0 Å². The van der Waals surface area contributed by atoms with Gasteiger partial charge >= 0.3 is 5.97 Å². The van der Waals surface area contributed by atoms with Crippen LogP contribution in [0.1, 0.15) is 30.4 Å². The molecule has 2 aromatic carbocycles. The van der Waals surface area contributed by atoms with Gasteiger partial charge in [-0.2, -0.15) is 0 Å². The number of carboxylic acids is 1. The molecule has 2 rings (SSSR count). The number of carboxylic acid groups (broad SMARTS) is 1. The summed E-state index contributed by atoms with van der Waals surface area (Å²) < 4.78 is 16.2. The summed E-state index contributed by atoms with van der Waals surface area (Å²) in [6.45, 7) is 2.64. The zero-order valence-corrected chi connectivity index (χ0v) is 14.8. The van der Waals surface area contributed by atoms with Crippen molar-refractivity contribution in [2.75, 3.05) is 20.8 Å². The first-order valence-corrected chi connectivity index (χ1v) is 8.25. The summed E-state index contributed by atoms with van der Waals surface area (Å²) in [6, 6.07) is 12.7. The van der Waals surface area contributed by atoms with E-state index < -0.39 is 11.9 Å². The van der Waals surface area contributed by atoms with Gasteiger partial charge in [-0.15, -0.1) is 0 Å². The van der Waals surface area contributed by atoms with Crippen molar-refractivity contribution in [3.8, 4) is 17.2 Å². The molecular weight excluding hydrogens is 320 g/mol. The minimum absolute atomic E-state index is 0.354. The van der Waals surface area contributed by atoms with Crippen LogP contribution in [0.5, 0.6) is 17.2 Å². The second-order valence-corrected chi connectivity index (χ2v) is 5.71. The first-order valence-electron chi connectivity index (χ1n) is 8.25. The molecule has 1 N–H and O–H groups in total. The maximum Gasteiger partial charge on any atom is 0.311 e. The largest absolute Gasteiger partial charge is 0.497 e. The van der Waals surface area contributed by atoms with Crippen LogP contribution in [0.2, 0.25) is 0 Å². The zero-order chi connectivity index (χ0) is 18.2. The van der Waals surface area contributed by atoms with Crippen molar-refractivity contribution in [3.05, 3.63) is 53.6 Å². The van der Waals surface area contributed by atoms with E-state index in [2.05, 4.69) is 0 Å². The molecule has 0 saturated heterocycles. The molecule has 5 nitrogen and oxygen atoms in total. The summed E-state index contributed by atoms with van der Waals surface area (Å²) in [5.41, 5.74) is 1.58. The third-order valence-electron chi connectivity index (χ3n) is 3.92. The number of aliphatic carboxylic acids is 1. The van der Waals surface area contributed by atoms with Crippen LogP contribution in [-0.4, -0.2) is 31.9 Å². The van der Waals surface area contributed by atoms with Gasteiger partial charge in [0.15, 0.2) is 11.5 Å². The second-order valence-electron chi connectivity index (χ2n) is 5.71. The fourth-order valence-electron chi connectivity index (χ4n) is 2.61. The summed E-state index contributed by atoms with van der Waals surface area (Å²) in [7, 11) is 3.14. The monoisotopic (exact) mass is 344 g/mol. The Hall–Kier alpha value is -2.69. The molecule has 0 aliphatic rings. The molecule has 0 saturated carbocycles. The number of ether oxygens (including phenoxy) is 3. The van der Waals surface area contributed by atoms with E-state index >= 15 is 0 Å². The van der Waals surface area contributed by atoms with Crippen LogP contribution in [-0.2, 0) is 11.2 Å². The van der Waals surface area contributed by atoms with E-state index in [4.69, 9.17) is 14.2 Å². The summed E-state index contributed by atoms with van der Waals surface area (Å²) in [4.78, 5) is 11.8. The fourth-order valence-corrected chi connectivity index (χ4v) is 2.61. The third-order valence-corrected chi connectivity index (χ3v) is 3.92. The van der Waals surface area contributed by atoms with Crippen molar-refractivity contribution in [2.24, 2.45) is 0 Å². The first kappa shape index (κ1) is 18.6. The van der Waals surface area contributed by atoms with E-state index in [9.17, 15) is 9.90 Å². The van der Waals surface area contributed by atoms with Crippen molar-refractivity contribution in [3.63, 3.8) is 0 Å². The molecule has 5 heteroatoms. The Morgan fingerprint density at radius 1 is 1.08 bits per heavy atom. The van der Waals surface area contributed by atoms with Crippen LogP contribution >= 0.6 is 0 Å². The lowest BCUT2D eigenvalue weighted by atomic mass is 9.92. The van der Waals surface area contributed by atoms with Crippen LogP contribution in [0, 0.1) is 0 Å². The Bertz CT molecular complexity index is 711. The fraction of sp³-hybridized carbons (Fsp3) is 0.350. The zero-order valence-electron chi connectivity index (χ0n) is 14.8. The van der Waals surface area contributed by atoms with Crippen LogP contribution in [0.4, 0.5) is 0 Å². The van der Waals surface area contributed by atoms with E-state index in [1.165, 1.54) is 0 Å². The molecule has 0 aromatic heterocycles. The van der Waals surface area contributed by atoms with Gasteiger partial charge in [0.1, 0.15) is 5.75 Å². The van der Waals surface area contributed by atoms with Gasteiger partial charge in [-0.25, -0.2) is 0 Å². The molecule has 25 heavy (non-hydrogen) atoms. The van der Waals surface area contributed by atoms with Gasteiger partial charge in [-0.05, 0) is 48.2 Å². The van der Waals surface area contributed by atoms with Gasteiger partial charge in [-0.1, -0.05) is 25.1 Å². The minimum atomic E-state index is -0.876. The number of benzene rings is 2. The molecule has 2 aromatic rings. The molecule has 134 valence electrons. The molecule has 0 amide bonds. The van der Waals surface area contributed by atoms with E-state index in [-0.39, 0.29) is 0 Å². The summed E-state index contributed by atoms with van der Waals surface area (Å²) in [5.74, 6) is 0.382. The lowest BCUT2D eigenvalue weighted by Gasteiger charge is -2.16. The SMILES string of the molecule is CCCOc1ccc(CC(C(=O)O)c2cccc(OC)c2)cc1OC. The average molecular weight is 344 g/mol. The van der Waals surface area contributed by atoms with Crippen LogP contribution in [0.3, 0.4) is 0 Å². The highest BCUT2D eigenvalue weighted by molar-refractivity contribution is 5.76. The summed E-state index contributed by atoms with van der Waals surface area (Å²) in [6.07, 6.45) is 1.26. The molecule has 0 spiro atoms. The number of hydrogen-bond acceptors (Lipinski definition) is 4. The predicted octanol–water partition coefficient (Wildman–Crippen LogP) is 3.90. The van der Waals surface area contributed by atoms with Crippen molar-refractivity contribution in [1.82, 2.24) is 0 Å². The Kier molecular flexibility index (Phi) is 6.69. The lowest BCUT2D eigenvalue weighted by Crippen LogP contribution is -2.14. The average Bonchev–Trinajstić information content (AvgIpc) is 2.64. The predicted molar refractivity (Wildman–Crippen MR) is 95.9 cm³/mol. The quantitative estimate of drug-likeness (QED) is 0.747. The van der Waals surface area contributed by atoms with Crippen LogP contribution in [0.25, 0.3) is 0 Å². The van der Waals surface area contributed by atoms with Crippen molar-refractivity contribution >= 4 is 5.97 Å². The molecule has 0 aliphatic heterocycles. The summed E-state index contributed by atoms with van der Waals surface area (Å²) in [5, 5.41) is 9.65. The Morgan fingerprint density at radius 2 is 1.88 bits per heavy atom. The smallest absolute Gasteiger partial charge is 0.311 e. The maximum atomic E-state index is 11.8. The number of rotatable bonds is 9. The van der Waals surface area contributed by atoms with Gasteiger partial charge in [-0.3, -0.25) is 4.79 Å². The van der Waals surface area contributed by atoms with E-state index in [0.717, 1.165) is 12.0 Å². The number of hydrogen-bond donors (Lipinski definition) is 1. The standard InChI is InChI=1S/C20H24O5/c1-4-10-25-18-9-8-14(12-19(18)24-3)11-17(20(21)22)15-6-5-7-16(13-15)23-2/h5-9,12-13,17H,4,10-11H2,1-3H3,(H,21,22). The van der Waals surface area contributed by atoms with E-state index in [0.29, 0.717) is 35.8 Å². The molecule has 0 aliphatic carbocycles. The number of methoxy groups -OCH3 is 2. The normalized spacial score (nSPS) is 11.6. The highest BCUT2D eigenvalue weighted by Gasteiger charge is 2.21. The van der Waals surface area contributed by atoms with Gasteiger partial charge in [0, 0.05) is 0 Å². The molecule has 0 heterocycles. The molecule has 0 radical (unpaired) electrons. The van der Waals surface area contributed by atoms with Gasteiger partial charge in [0.05, 0.1) is 26.7 Å². The highest BCUT2D eigenvalue weighted by atomic mass is 16.5. The van der Waals surface area contributed by atoms with Crippen LogP contribution < -0.4 is 14.2 Å². The highest BCUT2D eigenvalue weighted by Crippen LogP contribution is 2.31. The van der Waals surface area contributed by atoms with Crippen molar-refractivity contribution < 1.29 is 24.1 Å². The minimum Gasteiger partial charge on any atom is -0.497 e. The van der Waals surface area contributed by atoms with Crippen LogP contribution in [0.15, 0.2) is 42.5 Å². The summed E-state index contributed by atoms with van der Waals surface area (Å²) >= 11 is 0. The van der Waals surface area contributed by atoms with Gasteiger partial charge < -0.3 is 19.3 Å². The lowest BCUT2D eigenvalue weighted by molar-refractivity contribution is -0.138. The first-order chi connectivity index (χ1) is 12.1. The molecule has 1 atom stereocenters. The van der Waals surface area contributed by atoms with Gasteiger partial charge in [0.25, 0.3) is 0 Å². The Labute approximate surface area is 148 Å². The van der Waals surface area contributed by atoms with Crippen molar-refractivity contribution in [1.29, 1.82) is 0 Å². The third kappa shape index (κ3) is 4.89. The second kappa shape index (κ2) is 8.97. The topological polar surface area (TPSA) is 65.0 Å². The Balaban J connectivity index is 2.25. The molecule has 0 fully saturated rings. The maximum absolute atomic E-state index is 11.8. The molecular formula is C20H24O5. The molecule has 1 unspecified atom stereocenters. The van der Waals surface area contributed by atoms with E-state index in [1.54, 1.807) is 38.5 Å². The number of carbonyl (C=O) groups is 1. The molecule has 0 bridgehead atoms. The van der Waals surface area contributed by atoms with Crippen molar-refractivity contribution in [2.45, 2.75) is 25.7 Å².